The van der Waals surface area contributed by atoms with Gasteiger partial charge in [-0.1, -0.05) is 12.1 Å². The van der Waals surface area contributed by atoms with Gasteiger partial charge in [0.2, 0.25) is 0 Å². The van der Waals surface area contributed by atoms with Gasteiger partial charge in [-0.25, -0.2) is 0 Å². The molecule has 0 aromatic heterocycles. The van der Waals surface area contributed by atoms with E-state index in [0.29, 0.717) is 33.8 Å². The fraction of sp³-hybridized carbons (Fsp3) is 0.333. The van der Waals surface area contributed by atoms with Gasteiger partial charge in [0.15, 0.2) is 34.5 Å². The highest BCUT2D eigenvalue weighted by atomic mass is 16.5. The zero-order valence-corrected chi connectivity index (χ0v) is 20.2. The van der Waals surface area contributed by atoms with Crippen molar-refractivity contribution in [3.63, 3.8) is 0 Å². The fourth-order valence-corrected chi connectivity index (χ4v) is 4.65. The van der Waals surface area contributed by atoms with Gasteiger partial charge in [-0.3, -0.25) is 0 Å². The molecule has 9 heteroatoms. The lowest BCUT2D eigenvalue weighted by atomic mass is 9.86. The van der Waals surface area contributed by atoms with Gasteiger partial charge in [0.1, 0.15) is 6.10 Å². The normalized spacial score (nSPS) is 18.2. The lowest BCUT2D eigenvalue weighted by Crippen LogP contribution is -2.16. The van der Waals surface area contributed by atoms with E-state index >= 15 is 0 Å². The first-order chi connectivity index (χ1) is 17.4. The number of hydrogen-bond acceptors (Lipinski definition) is 9. The minimum absolute atomic E-state index is 0.0128. The average molecular weight is 499 g/mol. The molecular formula is C27H30O9. The first-order valence-corrected chi connectivity index (χ1v) is 11.4. The van der Waals surface area contributed by atoms with Crippen LogP contribution in [0.25, 0.3) is 0 Å². The van der Waals surface area contributed by atoms with E-state index in [1.807, 2.05) is 0 Å². The largest absolute Gasteiger partial charge is 0.504 e. The summed E-state index contributed by atoms with van der Waals surface area (Å²) < 4.78 is 22.2. The van der Waals surface area contributed by atoms with Crippen LogP contribution in [0.1, 0.15) is 46.3 Å². The van der Waals surface area contributed by atoms with Gasteiger partial charge in [-0.05, 0) is 53.1 Å². The average Bonchev–Trinajstić information content (AvgIpc) is 3.28. The number of rotatable bonds is 9. The Morgan fingerprint density at radius 2 is 1.42 bits per heavy atom. The molecule has 0 saturated heterocycles. The van der Waals surface area contributed by atoms with Gasteiger partial charge < -0.3 is 44.5 Å². The summed E-state index contributed by atoms with van der Waals surface area (Å²) in [6.45, 7) is -0.619. The second-order valence-electron chi connectivity index (χ2n) is 8.57. The Kier molecular flexibility index (Phi) is 7.44. The van der Waals surface area contributed by atoms with E-state index in [9.17, 15) is 25.5 Å². The molecule has 1 heterocycles. The van der Waals surface area contributed by atoms with Crippen LogP contribution in [0.2, 0.25) is 0 Å². The van der Waals surface area contributed by atoms with Crippen molar-refractivity contribution in [2.45, 2.75) is 24.0 Å². The van der Waals surface area contributed by atoms with Gasteiger partial charge in [0.25, 0.3) is 0 Å². The number of hydrogen-bond donors (Lipinski definition) is 5. The molecule has 3 aromatic carbocycles. The molecule has 0 fully saturated rings. The molecule has 4 rings (SSSR count). The maximum absolute atomic E-state index is 11.3. The SMILES string of the molecule is COc1cc(C(CO)C(O)c2cc(OC)c3c(c2)[C@H](CO)[C@@H](c2ccc(O)c(OC)c2)O3)ccc1O. The summed E-state index contributed by atoms with van der Waals surface area (Å²) in [6, 6.07) is 12.8. The van der Waals surface area contributed by atoms with E-state index < -0.39 is 24.0 Å². The third-order valence-corrected chi connectivity index (χ3v) is 6.62. The molecule has 2 unspecified atom stereocenters. The van der Waals surface area contributed by atoms with E-state index in [2.05, 4.69) is 0 Å². The van der Waals surface area contributed by atoms with E-state index in [-0.39, 0.29) is 36.2 Å². The first kappa shape index (κ1) is 25.4. The fourth-order valence-electron chi connectivity index (χ4n) is 4.65. The van der Waals surface area contributed by atoms with Gasteiger partial charge in [0, 0.05) is 11.5 Å². The topological polar surface area (TPSA) is 138 Å². The molecule has 5 N–H and O–H groups in total. The van der Waals surface area contributed by atoms with Gasteiger partial charge in [-0.2, -0.15) is 0 Å². The number of aliphatic hydroxyl groups excluding tert-OH is 3. The Morgan fingerprint density at radius 1 is 0.806 bits per heavy atom. The number of aliphatic hydroxyl groups is 3. The number of methoxy groups -OCH3 is 3. The zero-order chi connectivity index (χ0) is 26.0. The summed E-state index contributed by atoms with van der Waals surface area (Å²) in [5, 5.41) is 51.6. The lowest BCUT2D eigenvalue weighted by molar-refractivity contribution is 0.106. The standard InChI is InChI=1S/C27H30O9/c1-33-22-9-14(4-6-20(22)30)18(12-28)25(32)16-8-17-19(13-29)26(36-27(17)24(11-16)35-3)15-5-7-21(31)23(10-15)34-2/h4-11,18-19,25-26,28-32H,12-13H2,1-3H3/t18?,19-,25?,26+/m0/s1. The minimum Gasteiger partial charge on any atom is -0.504 e. The highest BCUT2D eigenvalue weighted by Crippen LogP contribution is 2.52. The molecule has 0 radical (unpaired) electrons. The van der Waals surface area contributed by atoms with Crippen molar-refractivity contribution in [2.24, 2.45) is 0 Å². The Bertz CT molecular complexity index is 1230. The van der Waals surface area contributed by atoms with Crippen LogP contribution in [0.15, 0.2) is 48.5 Å². The van der Waals surface area contributed by atoms with Crippen molar-refractivity contribution < 1.29 is 44.5 Å². The van der Waals surface area contributed by atoms with Crippen molar-refractivity contribution in [1.82, 2.24) is 0 Å². The van der Waals surface area contributed by atoms with Crippen LogP contribution in [-0.2, 0) is 0 Å². The molecular weight excluding hydrogens is 468 g/mol. The van der Waals surface area contributed by atoms with Crippen LogP contribution in [-0.4, -0.2) is 60.1 Å². The molecule has 0 spiro atoms. The third kappa shape index (κ3) is 4.48. The molecule has 1 aliphatic heterocycles. The summed E-state index contributed by atoms with van der Waals surface area (Å²) >= 11 is 0. The van der Waals surface area contributed by atoms with Crippen molar-refractivity contribution in [2.75, 3.05) is 34.5 Å². The number of aromatic hydroxyl groups is 2. The van der Waals surface area contributed by atoms with Crippen molar-refractivity contribution in [3.05, 3.63) is 70.8 Å². The smallest absolute Gasteiger partial charge is 0.165 e. The van der Waals surface area contributed by atoms with Gasteiger partial charge in [0.05, 0.1) is 46.6 Å². The third-order valence-electron chi connectivity index (χ3n) is 6.62. The molecule has 0 amide bonds. The predicted octanol–water partition coefficient (Wildman–Crippen LogP) is 3.14. The molecule has 36 heavy (non-hydrogen) atoms. The number of benzene rings is 3. The first-order valence-electron chi connectivity index (χ1n) is 11.4. The molecule has 1 aliphatic rings. The quantitative estimate of drug-likeness (QED) is 0.301. The summed E-state index contributed by atoms with van der Waals surface area (Å²) in [5.41, 5.74) is 2.36. The van der Waals surface area contributed by atoms with E-state index in [1.54, 1.807) is 36.4 Å². The van der Waals surface area contributed by atoms with E-state index in [0.717, 1.165) is 0 Å². The molecule has 3 aromatic rings. The summed E-state index contributed by atoms with van der Waals surface area (Å²) in [5.74, 6) is 0.0378. The van der Waals surface area contributed by atoms with E-state index in [1.165, 1.54) is 33.5 Å². The predicted molar refractivity (Wildman–Crippen MR) is 130 cm³/mol. The number of fused-ring (bicyclic) bond motifs is 1. The highest BCUT2D eigenvalue weighted by molar-refractivity contribution is 5.56. The molecule has 0 aliphatic carbocycles. The van der Waals surface area contributed by atoms with Crippen LogP contribution in [0, 0.1) is 0 Å². The highest BCUT2D eigenvalue weighted by Gasteiger charge is 2.39. The molecule has 9 nitrogen and oxygen atoms in total. The Labute approximate surface area is 208 Å². The van der Waals surface area contributed by atoms with Crippen molar-refractivity contribution in [1.29, 1.82) is 0 Å². The van der Waals surface area contributed by atoms with Crippen LogP contribution in [0.5, 0.6) is 34.5 Å². The molecule has 0 saturated carbocycles. The lowest BCUT2D eigenvalue weighted by Gasteiger charge is -2.24. The van der Waals surface area contributed by atoms with Crippen LogP contribution < -0.4 is 18.9 Å². The Hall–Kier alpha value is -3.66. The van der Waals surface area contributed by atoms with Crippen molar-refractivity contribution >= 4 is 0 Å². The van der Waals surface area contributed by atoms with Crippen LogP contribution >= 0.6 is 0 Å². The number of phenolic OH excluding ortho intramolecular Hbond substituents is 2. The Balaban J connectivity index is 1.73. The second-order valence-corrected chi connectivity index (χ2v) is 8.57. The van der Waals surface area contributed by atoms with Crippen LogP contribution in [0.4, 0.5) is 0 Å². The number of phenols is 2. The molecule has 0 bridgehead atoms. The minimum atomic E-state index is -1.14. The zero-order valence-electron chi connectivity index (χ0n) is 20.2. The summed E-state index contributed by atoms with van der Waals surface area (Å²) in [7, 11) is 4.35. The van der Waals surface area contributed by atoms with Crippen molar-refractivity contribution in [3.8, 4) is 34.5 Å². The maximum Gasteiger partial charge on any atom is 0.165 e. The molecule has 4 atom stereocenters. The van der Waals surface area contributed by atoms with Crippen LogP contribution in [0.3, 0.4) is 0 Å². The monoisotopic (exact) mass is 498 g/mol. The van der Waals surface area contributed by atoms with Gasteiger partial charge in [-0.15, -0.1) is 0 Å². The second kappa shape index (κ2) is 10.5. The Morgan fingerprint density at radius 3 is 2.03 bits per heavy atom. The summed E-state index contributed by atoms with van der Waals surface area (Å²) in [4.78, 5) is 0. The summed E-state index contributed by atoms with van der Waals surface area (Å²) in [6.07, 6.45) is -1.73. The van der Waals surface area contributed by atoms with E-state index in [4.69, 9.17) is 18.9 Å². The molecule has 192 valence electrons. The number of ether oxygens (including phenoxy) is 4. The maximum atomic E-state index is 11.3. The van der Waals surface area contributed by atoms with Gasteiger partial charge >= 0.3 is 0 Å².